The van der Waals surface area contributed by atoms with E-state index in [0.29, 0.717) is 19.0 Å². The highest BCUT2D eigenvalue weighted by molar-refractivity contribution is 7.88. The van der Waals surface area contributed by atoms with Gasteiger partial charge in [-0.1, -0.05) is 0 Å². The SMILES string of the molecule is CS(=O)(=O)N1CCC(CN2CCC(NC(N)=O)CC2)CC1. The first kappa shape index (κ1) is 16.5. The number of sulfonamides is 1. The molecule has 2 amide bonds. The van der Waals surface area contributed by atoms with E-state index >= 15 is 0 Å². The highest BCUT2D eigenvalue weighted by Crippen LogP contribution is 2.21. The molecular weight excluding hydrogens is 292 g/mol. The van der Waals surface area contributed by atoms with E-state index in [1.54, 1.807) is 4.31 Å². The van der Waals surface area contributed by atoms with Crippen LogP contribution in [0.1, 0.15) is 25.7 Å². The first-order valence-electron chi connectivity index (χ1n) is 7.58. The van der Waals surface area contributed by atoms with Crippen LogP contribution in [0.5, 0.6) is 0 Å². The largest absolute Gasteiger partial charge is 0.352 e. The molecule has 0 atom stereocenters. The number of amides is 2. The third-order valence-corrected chi connectivity index (χ3v) is 5.80. The van der Waals surface area contributed by atoms with Gasteiger partial charge in [-0.3, -0.25) is 0 Å². The van der Waals surface area contributed by atoms with Crippen LogP contribution < -0.4 is 11.1 Å². The van der Waals surface area contributed by atoms with Crippen molar-refractivity contribution in [3.8, 4) is 0 Å². The van der Waals surface area contributed by atoms with Gasteiger partial charge in [0.25, 0.3) is 0 Å². The summed E-state index contributed by atoms with van der Waals surface area (Å²) < 4.78 is 24.5. The van der Waals surface area contributed by atoms with Gasteiger partial charge >= 0.3 is 6.03 Å². The zero-order chi connectivity index (χ0) is 15.5. The van der Waals surface area contributed by atoms with Crippen LogP contribution in [0.15, 0.2) is 0 Å². The highest BCUT2D eigenvalue weighted by Gasteiger charge is 2.27. The van der Waals surface area contributed by atoms with Crippen molar-refractivity contribution >= 4 is 16.1 Å². The number of hydrogen-bond acceptors (Lipinski definition) is 4. The number of nitrogens with two attached hydrogens (primary N) is 1. The van der Waals surface area contributed by atoms with Crippen LogP contribution in [0.25, 0.3) is 0 Å². The maximum Gasteiger partial charge on any atom is 0.312 e. The zero-order valence-corrected chi connectivity index (χ0v) is 13.4. The first-order chi connectivity index (χ1) is 9.84. The summed E-state index contributed by atoms with van der Waals surface area (Å²) in [5, 5.41) is 2.77. The van der Waals surface area contributed by atoms with Crippen LogP contribution in [0, 0.1) is 5.92 Å². The lowest BCUT2D eigenvalue weighted by Gasteiger charge is -2.37. The minimum Gasteiger partial charge on any atom is -0.352 e. The van der Waals surface area contributed by atoms with E-state index in [0.717, 1.165) is 45.3 Å². The van der Waals surface area contributed by atoms with Crippen LogP contribution in [0.2, 0.25) is 0 Å². The molecule has 2 aliphatic rings. The Morgan fingerprint density at radius 2 is 1.71 bits per heavy atom. The molecule has 0 saturated carbocycles. The van der Waals surface area contributed by atoms with Gasteiger partial charge in [0.05, 0.1) is 6.26 Å². The lowest BCUT2D eigenvalue weighted by molar-refractivity contribution is 0.147. The molecule has 0 aromatic rings. The summed E-state index contributed by atoms with van der Waals surface area (Å²) in [4.78, 5) is 13.2. The monoisotopic (exact) mass is 318 g/mol. The number of hydrogen-bond donors (Lipinski definition) is 2. The Morgan fingerprint density at radius 3 is 2.19 bits per heavy atom. The molecule has 7 nitrogen and oxygen atoms in total. The van der Waals surface area contributed by atoms with E-state index in [1.807, 2.05) is 0 Å². The third-order valence-electron chi connectivity index (χ3n) is 4.49. The molecule has 8 heteroatoms. The normalized spacial score (nSPS) is 24.0. The number of piperidine rings is 2. The fourth-order valence-electron chi connectivity index (χ4n) is 3.25. The van der Waals surface area contributed by atoms with Gasteiger partial charge in [-0.15, -0.1) is 0 Å². The fraction of sp³-hybridized carbons (Fsp3) is 0.923. The van der Waals surface area contributed by atoms with Crippen molar-refractivity contribution in [3.63, 3.8) is 0 Å². The molecule has 0 radical (unpaired) electrons. The minimum atomic E-state index is -3.03. The number of nitrogens with one attached hydrogen (secondary N) is 1. The number of urea groups is 1. The summed E-state index contributed by atoms with van der Waals surface area (Å²) in [6, 6.07) is -0.243. The Balaban J connectivity index is 1.69. The van der Waals surface area contributed by atoms with Gasteiger partial charge in [-0.05, 0) is 31.6 Å². The van der Waals surface area contributed by atoms with Crippen molar-refractivity contribution in [3.05, 3.63) is 0 Å². The van der Waals surface area contributed by atoms with Gasteiger partial charge in [-0.2, -0.15) is 0 Å². The van der Waals surface area contributed by atoms with Crippen molar-refractivity contribution in [2.75, 3.05) is 39.0 Å². The van der Waals surface area contributed by atoms with Crippen molar-refractivity contribution < 1.29 is 13.2 Å². The summed E-state index contributed by atoms with van der Waals surface area (Å²) >= 11 is 0. The summed E-state index contributed by atoms with van der Waals surface area (Å²) in [6.07, 6.45) is 5.03. The maximum absolute atomic E-state index is 11.5. The molecule has 0 aliphatic carbocycles. The average Bonchev–Trinajstić information content (AvgIpc) is 2.40. The molecule has 0 bridgehead atoms. The second kappa shape index (κ2) is 6.93. The molecule has 0 aromatic carbocycles. The van der Waals surface area contributed by atoms with Gasteiger partial charge in [-0.25, -0.2) is 17.5 Å². The van der Waals surface area contributed by atoms with E-state index in [-0.39, 0.29) is 6.04 Å². The minimum absolute atomic E-state index is 0.200. The Bertz CT molecular complexity index is 452. The van der Waals surface area contributed by atoms with Gasteiger partial charge < -0.3 is 16.0 Å². The maximum atomic E-state index is 11.5. The lowest BCUT2D eigenvalue weighted by atomic mass is 9.96. The highest BCUT2D eigenvalue weighted by atomic mass is 32.2. The smallest absolute Gasteiger partial charge is 0.312 e. The molecule has 2 aliphatic heterocycles. The molecule has 0 unspecified atom stereocenters. The lowest BCUT2D eigenvalue weighted by Crippen LogP contribution is -2.48. The molecule has 0 spiro atoms. The van der Waals surface area contributed by atoms with Crippen molar-refractivity contribution in [2.45, 2.75) is 31.7 Å². The molecule has 122 valence electrons. The summed E-state index contributed by atoms with van der Waals surface area (Å²) in [6.45, 7) is 4.25. The van der Waals surface area contributed by atoms with E-state index in [4.69, 9.17) is 5.73 Å². The number of carbonyl (C=O) groups is 1. The third kappa shape index (κ3) is 5.12. The van der Waals surface area contributed by atoms with Crippen molar-refractivity contribution in [1.82, 2.24) is 14.5 Å². The van der Waals surface area contributed by atoms with Crippen LogP contribution in [0.3, 0.4) is 0 Å². The van der Waals surface area contributed by atoms with Gasteiger partial charge in [0, 0.05) is 38.8 Å². The van der Waals surface area contributed by atoms with Gasteiger partial charge in [0.2, 0.25) is 10.0 Å². The quantitative estimate of drug-likeness (QED) is 0.750. The van der Waals surface area contributed by atoms with Crippen molar-refractivity contribution in [2.24, 2.45) is 11.7 Å². The number of primary amides is 1. The van der Waals surface area contributed by atoms with Crippen LogP contribution in [-0.4, -0.2) is 68.7 Å². The molecule has 2 saturated heterocycles. The van der Waals surface area contributed by atoms with Crippen LogP contribution in [0.4, 0.5) is 4.79 Å². The Kier molecular flexibility index (Phi) is 5.45. The number of carbonyl (C=O) groups excluding carboxylic acids is 1. The second-order valence-electron chi connectivity index (χ2n) is 6.19. The fourth-order valence-corrected chi connectivity index (χ4v) is 4.12. The number of rotatable bonds is 4. The average molecular weight is 318 g/mol. The zero-order valence-electron chi connectivity index (χ0n) is 12.6. The summed E-state index contributed by atoms with van der Waals surface area (Å²) in [7, 11) is -3.03. The number of likely N-dealkylation sites (tertiary alicyclic amines) is 1. The Morgan fingerprint density at radius 1 is 1.14 bits per heavy atom. The van der Waals surface area contributed by atoms with Crippen LogP contribution in [-0.2, 0) is 10.0 Å². The molecule has 21 heavy (non-hydrogen) atoms. The molecule has 0 aromatic heterocycles. The molecule has 2 heterocycles. The van der Waals surface area contributed by atoms with E-state index < -0.39 is 16.1 Å². The summed E-state index contributed by atoms with van der Waals surface area (Å²) in [5.74, 6) is 0.573. The van der Waals surface area contributed by atoms with Crippen molar-refractivity contribution in [1.29, 1.82) is 0 Å². The standard InChI is InChI=1S/C13H26N4O3S/c1-21(19,20)17-8-2-11(3-9-17)10-16-6-4-12(5-7-16)15-13(14)18/h11-12H,2-10H2,1H3,(H3,14,15,18). The summed E-state index contributed by atoms with van der Waals surface area (Å²) in [5.41, 5.74) is 5.14. The second-order valence-corrected chi connectivity index (χ2v) is 8.17. The van der Waals surface area contributed by atoms with Gasteiger partial charge in [0.15, 0.2) is 0 Å². The van der Waals surface area contributed by atoms with Crippen LogP contribution >= 0.6 is 0 Å². The Hall–Kier alpha value is -0.860. The Labute approximate surface area is 126 Å². The predicted octanol–water partition coefficient (Wildman–Crippen LogP) is -0.209. The molecule has 2 fully saturated rings. The topological polar surface area (TPSA) is 95.7 Å². The number of nitrogens with zero attached hydrogens (tertiary/aromatic N) is 2. The first-order valence-corrected chi connectivity index (χ1v) is 9.43. The van der Waals surface area contributed by atoms with Gasteiger partial charge in [0.1, 0.15) is 0 Å². The van der Waals surface area contributed by atoms with E-state index in [9.17, 15) is 13.2 Å². The van der Waals surface area contributed by atoms with E-state index in [2.05, 4.69) is 10.2 Å². The van der Waals surface area contributed by atoms with E-state index in [1.165, 1.54) is 6.26 Å². The molecular formula is C13H26N4O3S. The molecule has 3 N–H and O–H groups in total. The predicted molar refractivity (Wildman–Crippen MR) is 81.3 cm³/mol. The molecule has 2 rings (SSSR count).